The fourth-order valence-corrected chi connectivity index (χ4v) is 4.47. The first-order chi connectivity index (χ1) is 15.5. The minimum Gasteiger partial charge on any atom is -0.333 e. The molecule has 2 aliphatic rings. The Balaban J connectivity index is 1.52. The van der Waals surface area contributed by atoms with Crippen LogP contribution in [0.2, 0.25) is 0 Å². The average molecular weight is 425 g/mol. The van der Waals surface area contributed by atoms with Gasteiger partial charge in [0.25, 0.3) is 5.91 Å². The van der Waals surface area contributed by atoms with Gasteiger partial charge in [-0.2, -0.15) is 5.26 Å². The SMILES string of the molecule is Cn1cnc(-c2ccc3c(c2)CN(C2CCC(=O)NC2=O)C3=O)c1-c1ccccc1C#N. The standard InChI is InChI=1S/C24H19N5O3/c1-28-13-26-21(22(28)17-5-3-2-4-15(17)11-25)14-6-7-18-16(10-14)12-29(24(18)32)19-8-9-20(30)27-23(19)31/h2-7,10,13,19H,8-9,12H2,1H3,(H,27,30,31). The Morgan fingerprint density at radius 2 is 1.94 bits per heavy atom. The van der Waals surface area contributed by atoms with E-state index in [9.17, 15) is 19.6 Å². The van der Waals surface area contributed by atoms with Crippen molar-refractivity contribution in [1.29, 1.82) is 5.26 Å². The topological polar surface area (TPSA) is 108 Å². The van der Waals surface area contributed by atoms with Crippen molar-refractivity contribution < 1.29 is 14.4 Å². The van der Waals surface area contributed by atoms with Gasteiger partial charge in [0.1, 0.15) is 6.04 Å². The Morgan fingerprint density at radius 1 is 1.12 bits per heavy atom. The first kappa shape index (κ1) is 19.7. The first-order valence-corrected chi connectivity index (χ1v) is 10.3. The molecule has 2 aromatic carbocycles. The summed E-state index contributed by atoms with van der Waals surface area (Å²) in [7, 11) is 1.88. The summed E-state index contributed by atoms with van der Waals surface area (Å²) in [5.41, 5.74) is 5.04. The summed E-state index contributed by atoms with van der Waals surface area (Å²) in [6.07, 6.45) is 2.25. The Kier molecular flexibility index (Phi) is 4.59. The number of aryl methyl sites for hydroxylation is 1. The van der Waals surface area contributed by atoms with Crippen molar-refractivity contribution in [2.24, 2.45) is 7.05 Å². The number of piperidine rings is 1. The van der Waals surface area contributed by atoms with Crippen LogP contribution in [0.15, 0.2) is 48.8 Å². The number of carbonyl (C=O) groups is 3. The van der Waals surface area contributed by atoms with Crippen molar-refractivity contribution >= 4 is 17.7 Å². The van der Waals surface area contributed by atoms with Crippen molar-refractivity contribution in [3.63, 3.8) is 0 Å². The minimum atomic E-state index is -0.649. The smallest absolute Gasteiger partial charge is 0.255 e. The van der Waals surface area contributed by atoms with Crippen LogP contribution >= 0.6 is 0 Å². The fourth-order valence-electron chi connectivity index (χ4n) is 4.47. The summed E-state index contributed by atoms with van der Waals surface area (Å²) in [6.45, 7) is 0.297. The van der Waals surface area contributed by atoms with Crippen LogP contribution in [0.4, 0.5) is 0 Å². The second kappa shape index (κ2) is 7.46. The molecule has 8 heteroatoms. The molecule has 2 aliphatic heterocycles. The number of nitriles is 1. The number of imidazole rings is 1. The van der Waals surface area contributed by atoms with Crippen molar-refractivity contribution in [3.05, 3.63) is 65.5 Å². The summed E-state index contributed by atoms with van der Waals surface area (Å²) in [5, 5.41) is 11.9. The second-order valence-corrected chi connectivity index (χ2v) is 7.98. The number of benzene rings is 2. The van der Waals surface area contributed by atoms with Gasteiger partial charge in [0.05, 0.1) is 29.3 Å². The van der Waals surface area contributed by atoms with E-state index in [1.54, 1.807) is 18.5 Å². The molecular formula is C24H19N5O3. The number of rotatable bonds is 3. The fraction of sp³-hybridized carbons (Fsp3) is 0.208. The van der Waals surface area contributed by atoms with Crippen molar-refractivity contribution in [3.8, 4) is 28.6 Å². The Hall–Kier alpha value is -4.25. The third kappa shape index (κ3) is 3.06. The van der Waals surface area contributed by atoms with E-state index in [2.05, 4.69) is 16.4 Å². The van der Waals surface area contributed by atoms with Crippen LogP contribution < -0.4 is 5.32 Å². The van der Waals surface area contributed by atoms with Gasteiger partial charge < -0.3 is 9.47 Å². The van der Waals surface area contributed by atoms with Crippen LogP contribution in [0.25, 0.3) is 22.5 Å². The number of amides is 3. The number of nitrogens with one attached hydrogen (secondary N) is 1. The Morgan fingerprint density at radius 3 is 2.72 bits per heavy atom. The largest absolute Gasteiger partial charge is 0.333 e. The third-order valence-electron chi connectivity index (χ3n) is 6.04. The molecule has 1 unspecified atom stereocenters. The first-order valence-electron chi connectivity index (χ1n) is 10.3. The number of fused-ring (bicyclic) bond motifs is 1. The van der Waals surface area contributed by atoms with Gasteiger partial charge in [-0.25, -0.2) is 4.98 Å². The van der Waals surface area contributed by atoms with E-state index in [4.69, 9.17) is 0 Å². The lowest BCUT2D eigenvalue weighted by atomic mass is 9.98. The van der Waals surface area contributed by atoms with E-state index in [1.807, 2.05) is 41.9 Å². The molecule has 0 spiro atoms. The normalized spacial score (nSPS) is 17.8. The molecule has 1 saturated heterocycles. The van der Waals surface area contributed by atoms with Gasteiger partial charge in [-0.05, 0) is 30.2 Å². The average Bonchev–Trinajstić information content (AvgIpc) is 3.33. The molecule has 1 N–H and O–H groups in total. The summed E-state index contributed by atoms with van der Waals surface area (Å²) in [5.74, 6) is -0.946. The van der Waals surface area contributed by atoms with E-state index in [0.29, 0.717) is 29.8 Å². The van der Waals surface area contributed by atoms with Crippen molar-refractivity contribution in [2.75, 3.05) is 0 Å². The molecular weight excluding hydrogens is 406 g/mol. The molecule has 3 amide bonds. The molecule has 0 bridgehead atoms. The van der Waals surface area contributed by atoms with E-state index in [1.165, 1.54) is 4.90 Å². The van der Waals surface area contributed by atoms with Gasteiger partial charge >= 0.3 is 0 Å². The summed E-state index contributed by atoms with van der Waals surface area (Å²) in [6, 6.07) is 14.5. The molecule has 0 aliphatic carbocycles. The van der Waals surface area contributed by atoms with E-state index < -0.39 is 11.9 Å². The zero-order valence-corrected chi connectivity index (χ0v) is 17.3. The van der Waals surface area contributed by atoms with Crippen molar-refractivity contribution in [2.45, 2.75) is 25.4 Å². The highest BCUT2D eigenvalue weighted by Gasteiger charge is 2.39. The second-order valence-electron chi connectivity index (χ2n) is 7.98. The van der Waals surface area contributed by atoms with Crippen LogP contribution in [0.3, 0.4) is 0 Å². The summed E-state index contributed by atoms with van der Waals surface area (Å²) < 4.78 is 1.87. The van der Waals surface area contributed by atoms with Gasteiger partial charge in [0.2, 0.25) is 11.8 Å². The molecule has 3 heterocycles. The molecule has 1 fully saturated rings. The highest BCUT2D eigenvalue weighted by molar-refractivity contribution is 6.05. The van der Waals surface area contributed by atoms with Gasteiger partial charge in [-0.3, -0.25) is 19.7 Å². The summed E-state index contributed by atoms with van der Waals surface area (Å²) in [4.78, 5) is 42.8. The zero-order valence-electron chi connectivity index (χ0n) is 17.3. The molecule has 0 radical (unpaired) electrons. The number of imide groups is 1. The maximum Gasteiger partial charge on any atom is 0.255 e. The van der Waals surface area contributed by atoms with Crippen LogP contribution in [-0.2, 0) is 23.2 Å². The maximum absolute atomic E-state index is 13.0. The molecule has 32 heavy (non-hydrogen) atoms. The molecule has 5 rings (SSSR count). The molecule has 1 aromatic heterocycles. The lowest BCUT2D eigenvalue weighted by Gasteiger charge is -2.29. The minimum absolute atomic E-state index is 0.211. The number of hydrogen-bond donors (Lipinski definition) is 1. The van der Waals surface area contributed by atoms with Gasteiger partial charge in [-0.1, -0.05) is 24.3 Å². The maximum atomic E-state index is 13.0. The van der Waals surface area contributed by atoms with E-state index >= 15 is 0 Å². The monoisotopic (exact) mass is 425 g/mol. The highest BCUT2D eigenvalue weighted by Crippen LogP contribution is 2.35. The van der Waals surface area contributed by atoms with Crippen LogP contribution in [0.5, 0.6) is 0 Å². The highest BCUT2D eigenvalue weighted by atomic mass is 16.2. The van der Waals surface area contributed by atoms with E-state index in [-0.39, 0.29) is 18.2 Å². The van der Waals surface area contributed by atoms with Gasteiger partial charge in [0, 0.05) is 36.7 Å². The quantitative estimate of drug-likeness (QED) is 0.648. The van der Waals surface area contributed by atoms with E-state index in [0.717, 1.165) is 22.4 Å². The van der Waals surface area contributed by atoms with Crippen molar-refractivity contribution in [1.82, 2.24) is 19.8 Å². The van der Waals surface area contributed by atoms with Crippen LogP contribution in [0.1, 0.15) is 34.3 Å². The van der Waals surface area contributed by atoms with Gasteiger partial charge in [-0.15, -0.1) is 0 Å². The molecule has 3 aromatic rings. The zero-order chi connectivity index (χ0) is 22.4. The molecule has 8 nitrogen and oxygen atoms in total. The Labute approximate surface area is 184 Å². The lowest BCUT2D eigenvalue weighted by Crippen LogP contribution is -2.52. The lowest BCUT2D eigenvalue weighted by molar-refractivity contribution is -0.136. The predicted octanol–water partition coefficient (Wildman–Crippen LogP) is 2.39. The predicted molar refractivity (Wildman–Crippen MR) is 115 cm³/mol. The number of aromatic nitrogens is 2. The number of carbonyl (C=O) groups excluding carboxylic acids is 3. The number of nitrogens with zero attached hydrogens (tertiary/aromatic N) is 4. The van der Waals surface area contributed by atoms with Crippen LogP contribution in [0, 0.1) is 11.3 Å². The molecule has 1 atom stereocenters. The molecule has 0 saturated carbocycles. The summed E-state index contributed by atoms with van der Waals surface area (Å²) >= 11 is 0. The Bertz CT molecular complexity index is 1330. The molecule has 158 valence electrons. The van der Waals surface area contributed by atoms with Gasteiger partial charge in [0.15, 0.2) is 0 Å². The number of hydrogen-bond acceptors (Lipinski definition) is 5. The third-order valence-corrected chi connectivity index (χ3v) is 6.04. The van der Waals surface area contributed by atoms with Crippen LogP contribution in [-0.4, -0.2) is 38.2 Å².